The van der Waals surface area contributed by atoms with E-state index >= 15 is 0 Å². The summed E-state index contributed by atoms with van der Waals surface area (Å²) in [5, 5.41) is 0. The molecule has 142 valence electrons. The molecule has 1 unspecified atom stereocenters. The van der Waals surface area contributed by atoms with Crippen LogP contribution in [0.25, 0.3) is 6.08 Å². The van der Waals surface area contributed by atoms with Gasteiger partial charge in [-0.3, -0.25) is 4.79 Å². The van der Waals surface area contributed by atoms with Gasteiger partial charge in [-0.1, -0.05) is 12.1 Å². The average molecular weight is 358 g/mol. The number of nitrogens with two attached hydrogens (primary N) is 1. The Kier molecular flexibility index (Phi) is 6.56. The average Bonchev–Trinajstić information content (AvgIpc) is 3.33. The number of amides is 1. The summed E-state index contributed by atoms with van der Waals surface area (Å²) in [6.45, 7) is 4.73. The van der Waals surface area contributed by atoms with E-state index in [0.717, 1.165) is 49.4 Å². The number of hydrogen-bond donors (Lipinski definition) is 1. The summed E-state index contributed by atoms with van der Waals surface area (Å²) < 4.78 is 12.0. The highest BCUT2D eigenvalue weighted by Gasteiger charge is 2.24. The molecule has 1 aromatic carbocycles. The highest BCUT2D eigenvalue weighted by atomic mass is 16.5. The van der Waals surface area contributed by atoms with Crippen LogP contribution in [0.15, 0.2) is 24.3 Å². The minimum Gasteiger partial charge on any atom is -0.490 e. The summed E-state index contributed by atoms with van der Waals surface area (Å²) in [6.07, 6.45) is 9.31. The van der Waals surface area contributed by atoms with Crippen molar-refractivity contribution in [3.8, 4) is 11.5 Å². The van der Waals surface area contributed by atoms with Gasteiger partial charge < -0.3 is 20.1 Å². The van der Waals surface area contributed by atoms with Crippen molar-refractivity contribution >= 4 is 12.0 Å². The maximum absolute atomic E-state index is 12.5. The summed E-state index contributed by atoms with van der Waals surface area (Å²) in [5.74, 6) is 1.97. The van der Waals surface area contributed by atoms with Crippen LogP contribution in [0.2, 0.25) is 0 Å². The SMILES string of the molecule is CCOc1cccc(C=CC(=O)N2CCC(CN)C2)c1OC1CCCC1. The van der Waals surface area contributed by atoms with E-state index in [0.29, 0.717) is 19.1 Å². The van der Waals surface area contributed by atoms with Gasteiger partial charge in [-0.15, -0.1) is 0 Å². The number of carbonyl (C=O) groups is 1. The molecule has 0 radical (unpaired) electrons. The highest BCUT2D eigenvalue weighted by molar-refractivity contribution is 5.92. The lowest BCUT2D eigenvalue weighted by molar-refractivity contribution is -0.125. The number of carbonyl (C=O) groups excluding carboxylic acids is 1. The van der Waals surface area contributed by atoms with Crippen molar-refractivity contribution in [2.45, 2.75) is 45.1 Å². The lowest BCUT2D eigenvalue weighted by Gasteiger charge is -2.19. The van der Waals surface area contributed by atoms with Gasteiger partial charge in [-0.25, -0.2) is 0 Å². The largest absolute Gasteiger partial charge is 0.490 e. The van der Waals surface area contributed by atoms with Gasteiger partial charge in [0.15, 0.2) is 11.5 Å². The van der Waals surface area contributed by atoms with Crippen LogP contribution in [0.4, 0.5) is 0 Å². The fraction of sp³-hybridized carbons (Fsp3) is 0.571. The molecule has 1 aromatic rings. The third-order valence-corrected chi connectivity index (χ3v) is 5.23. The molecule has 2 fully saturated rings. The van der Waals surface area contributed by atoms with Crippen LogP contribution in [-0.2, 0) is 4.79 Å². The van der Waals surface area contributed by atoms with Crippen LogP contribution >= 0.6 is 0 Å². The molecule has 1 saturated carbocycles. The first kappa shape index (κ1) is 18.8. The zero-order chi connectivity index (χ0) is 18.4. The third-order valence-electron chi connectivity index (χ3n) is 5.23. The van der Waals surface area contributed by atoms with Gasteiger partial charge in [-0.05, 0) is 63.6 Å². The van der Waals surface area contributed by atoms with Gasteiger partial charge in [0, 0.05) is 24.7 Å². The molecule has 2 aliphatic rings. The number of likely N-dealkylation sites (tertiary alicyclic amines) is 1. The Morgan fingerprint density at radius 1 is 1.31 bits per heavy atom. The number of rotatable bonds is 7. The van der Waals surface area contributed by atoms with Crippen molar-refractivity contribution in [1.29, 1.82) is 0 Å². The van der Waals surface area contributed by atoms with Crippen LogP contribution in [0.3, 0.4) is 0 Å². The first-order valence-corrected chi connectivity index (χ1v) is 9.80. The Bertz CT molecular complexity index is 638. The quantitative estimate of drug-likeness (QED) is 0.760. The molecule has 1 atom stereocenters. The maximum Gasteiger partial charge on any atom is 0.246 e. The van der Waals surface area contributed by atoms with Crippen molar-refractivity contribution < 1.29 is 14.3 Å². The van der Waals surface area contributed by atoms with Crippen LogP contribution < -0.4 is 15.2 Å². The molecule has 1 aliphatic heterocycles. The number of para-hydroxylation sites is 1. The van der Waals surface area contributed by atoms with E-state index in [9.17, 15) is 4.79 Å². The molecule has 5 nitrogen and oxygen atoms in total. The normalized spacial score (nSPS) is 20.8. The molecule has 5 heteroatoms. The van der Waals surface area contributed by atoms with E-state index in [4.69, 9.17) is 15.2 Å². The lowest BCUT2D eigenvalue weighted by atomic mass is 10.1. The zero-order valence-electron chi connectivity index (χ0n) is 15.7. The summed E-state index contributed by atoms with van der Waals surface area (Å²) >= 11 is 0. The molecule has 0 aromatic heterocycles. The topological polar surface area (TPSA) is 64.8 Å². The predicted molar refractivity (Wildman–Crippen MR) is 103 cm³/mol. The highest BCUT2D eigenvalue weighted by Crippen LogP contribution is 2.35. The van der Waals surface area contributed by atoms with E-state index in [2.05, 4.69) is 0 Å². The fourth-order valence-electron chi connectivity index (χ4n) is 3.72. The van der Waals surface area contributed by atoms with Crippen LogP contribution in [-0.4, -0.2) is 43.2 Å². The van der Waals surface area contributed by atoms with Crippen LogP contribution in [0.5, 0.6) is 11.5 Å². The Labute approximate surface area is 156 Å². The Morgan fingerprint density at radius 3 is 2.81 bits per heavy atom. The minimum atomic E-state index is 0.0366. The molecule has 3 rings (SSSR count). The monoisotopic (exact) mass is 358 g/mol. The van der Waals surface area contributed by atoms with E-state index < -0.39 is 0 Å². The van der Waals surface area contributed by atoms with Crippen LogP contribution in [0, 0.1) is 5.92 Å². The number of benzene rings is 1. The molecule has 1 heterocycles. The maximum atomic E-state index is 12.5. The van der Waals surface area contributed by atoms with Gasteiger partial charge in [-0.2, -0.15) is 0 Å². The standard InChI is InChI=1S/C21H30N2O3/c1-2-25-19-9-5-6-17(21(19)26-18-7-3-4-8-18)10-11-20(24)23-13-12-16(14-22)15-23/h5-6,9-11,16,18H,2-4,7-8,12-15,22H2,1H3. The van der Waals surface area contributed by atoms with Crippen molar-refractivity contribution in [2.24, 2.45) is 11.7 Å². The predicted octanol–water partition coefficient (Wildman–Crippen LogP) is 3.23. The Morgan fingerprint density at radius 2 is 2.12 bits per heavy atom. The number of ether oxygens (including phenoxy) is 2. The molecule has 1 saturated heterocycles. The number of hydrogen-bond acceptors (Lipinski definition) is 4. The van der Waals surface area contributed by atoms with Gasteiger partial charge in [0.25, 0.3) is 0 Å². The van der Waals surface area contributed by atoms with E-state index in [1.165, 1.54) is 12.8 Å². The Hall–Kier alpha value is -2.01. The second kappa shape index (κ2) is 9.08. The molecule has 2 N–H and O–H groups in total. The van der Waals surface area contributed by atoms with E-state index in [-0.39, 0.29) is 12.0 Å². The van der Waals surface area contributed by atoms with Crippen LogP contribution in [0.1, 0.15) is 44.6 Å². The molecule has 0 spiro atoms. The first-order chi connectivity index (χ1) is 12.7. The molecule has 26 heavy (non-hydrogen) atoms. The van der Waals surface area contributed by atoms with Crippen molar-refractivity contribution in [1.82, 2.24) is 4.90 Å². The third kappa shape index (κ3) is 4.58. The number of nitrogens with zero attached hydrogens (tertiary/aromatic N) is 1. The summed E-state index contributed by atoms with van der Waals surface area (Å²) in [6, 6.07) is 5.85. The zero-order valence-corrected chi connectivity index (χ0v) is 15.7. The second-order valence-electron chi connectivity index (χ2n) is 7.14. The molecule has 1 aliphatic carbocycles. The van der Waals surface area contributed by atoms with Gasteiger partial charge in [0.05, 0.1) is 12.7 Å². The summed E-state index contributed by atoms with van der Waals surface area (Å²) in [7, 11) is 0. The molecule has 1 amide bonds. The second-order valence-corrected chi connectivity index (χ2v) is 7.14. The summed E-state index contributed by atoms with van der Waals surface area (Å²) in [5.41, 5.74) is 6.61. The van der Waals surface area contributed by atoms with Crippen molar-refractivity contribution in [3.05, 3.63) is 29.8 Å². The van der Waals surface area contributed by atoms with Crippen molar-refractivity contribution in [2.75, 3.05) is 26.2 Å². The van der Waals surface area contributed by atoms with E-state index in [1.54, 1.807) is 6.08 Å². The molecular formula is C21H30N2O3. The Balaban J connectivity index is 1.75. The molecular weight excluding hydrogens is 328 g/mol. The van der Waals surface area contributed by atoms with Crippen molar-refractivity contribution in [3.63, 3.8) is 0 Å². The lowest BCUT2D eigenvalue weighted by Crippen LogP contribution is -2.28. The smallest absolute Gasteiger partial charge is 0.246 e. The van der Waals surface area contributed by atoms with E-state index in [1.807, 2.05) is 36.1 Å². The van der Waals surface area contributed by atoms with Gasteiger partial charge in [0.1, 0.15) is 0 Å². The summed E-state index contributed by atoms with van der Waals surface area (Å²) in [4.78, 5) is 14.3. The minimum absolute atomic E-state index is 0.0366. The molecule has 0 bridgehead atoms. The van der Waals surface area contributed by atoms with Gasteiger partial charge in [0.2, 0.25) is 5.91 Å². The first-order valence-electron chi connectivity index (χ1n) is 9.80. The fourth-order valence-corrected chi connectivity index (χ4v) is 3.72. The van der Waals surface area contributed by atoms with Gasteiger partial charge >= 0.3 is 0 Å².